The Morgan fingerprint density at radius 3 is 2.24 bits per heavy atom. The molecule has 0 atom stereocenters. The highest BCUT2D eigenvalue weighted by molar-refractivity contribution is 9.09. The SMILES string of the molecule is CCC(CC)(CBr)CNC(=O)C1(C)CCCC1. The van der Waals surface area contributed by atoms with Crippen LogP contribution >= 0.6 is 15.9 Å². The molecule has 17 heavy (non-hydrogen) atoms. The van der Waals surface area contributed by atoms with Crippen molar-refractivity contribution in [3.05, 3.63) is 0 Å². The number of rotatable bonds is 6. The summed E-state index contributed by atoms with van der Waals surface area (Å²) in [5, 5.41) is 4.15. The summed E-state index contributed by atoms with van der Waals surface area (Å²) < 4.78 is 0. The summed E-state index contributed by atoms with van der Waals surface area (Å²) in [7, 11) is 0. The Bertz CT molecular complexity index is 247. The number of carbonyl (C=O) groups excluding carboxylic acids is 1. The maximum absolute atomic E-state index is 12.2. The fraction of sp³-hybridized carbons (Fsp3) is 0.929. The Hall–Kier alpha value is -0.0500. The predicted octanol–water partition coefficient (Wildman–Crippen LogP) is 3.88. The molecule has 1 fully saturated rings. The zero-order valence-electron chi connectivity index (χ0n) is 11.4. The Morgan fingerprint density at radius 1 is 1.29 bits per heavy atom. The molecule has 0 unspecified atom stereocenters. The topological polar surface area (TPSA) is 29.1 Å². The Balaban J connectivity index is 2.52. The molecule has 0 bridgehead atoms. The Morgan fingerprint density at radius 2 is 1.82 bits per heavy atom. The van der Waals surface area contributed by atoms with Gasteiger partial charge in [-0.05, 0) is 31.1 Å². The van der Waals surface area contributed by atoms with E-state index in [1.54, 1.807) is 0 Å². The molecule has 1 amide bonds. The maximum Gasteiger partial charge on any atom is 0.225 e. The van der Waals surface area contributed by atoms with Crippen LogP contribution < -0.4 is 5.32 Å². The van der Waals surface area contributed by atoms with Crippen LogP contribution in [0.3, 0.4) is 0 Å². The van der Waals surface area contributed by atoms with Gasteiger partial charge in [-0.25, -0.2) is 0 Å². The molecule has 1 aliphatic carbocycles. The van der Waals surface area contributed by atoms with Crippen molar-refractivity contribution in [3.63, 3.8) is 0 Å². The predicted molar refractivity (Wildman–Crippen MR) is 76.4 cm³/mol. The lowest BCUT2D eigenvalue weighted by molar-refractivity contribution is -0.130. The number of carbonyl (C=O) groups is 1. The third-order valence-corrected chi connectivity index (χ3v) is 5.85. The largest absolute Gasteiger partial charge is 0.355 e. The molecule has 0 aliphatic heterocycles. The van der Waals surface area contributed by atoms with Crippen LogP contribution in [0.2, 0.25) is 0 Å². The van der Waals surface area contributed by atoms with E-state index < -0.39 is 0 Å². The summed E-state index contributed by atoms with van der Waals surface area (Å²) in [5.41, 5.74) is 0.129. The average Bonchev–Trinajstić information content (AvgIpc) is 2.80. The number of hydrogen-bond acceptors (Lipinski definition) is 1. The average molecular weight is 304 g/mol. The van der Waals surface area contributed by atoms with Crippen LogP contribution in [0.25, 0.3) is 0 Å². The monoisotopic (exact) mass is 303 g/mol. The molecule has 0 aromatic heterocycles. The molecule has 1 rings (SSSR count). The number of halogens is 1. The van der Waals surface area contributed by atoms with Crippen LogP contribution in [0.5, 0.6) is 0 Å². The van der Waals surface area contributed by atoms with Crippen LogP contribution in [0.1, 0.15) is 59.3 Å². The molecule has 0 radical (unpaired) electrons. The van der Waals surface area contributed by atoms with E-state index in [-0.39, 0.29) is 16.7 Å². The summed E-state index contributed by atoms with van der Waals surface area (Å²) in [6.07, 6.45) is 6.72. The molecule has 0 aromatic carbocycles. The first kappa shape index (κ1) is 15.0. The molecule has 0 saturated heterocycles. The van der Waals surface area contributed by atoms with Gasteiger partial charge in [-0.3, -0.25) is 4.79 Å². The van der Waals surface area contributed by atoms with E-state index in [0.29, 0.717) is 0 Å². The van der Waals surface area contributed by atoms with Gasteiger partial charge in [0, 0.05) is 17.3 Å². The minimum absolute atomic E-state index is 0.0977. The van der Waals surface area contributed by atoms with Crippen molar-refractivity contribution in [3.8, 4) is 0 Å². The van der Waals surface area contributed by atoms with Crippen molar-refractivity contribution < 1.29 is 4.79 Å². The van der Waals surface area contributed by atoms with E-state index in [1.807, 2.05) is 0 Å². The molecule has 1 N–H and O–H groups in total. The van der Waals surface area contributed by atoms with Crippen molar-refractivity contribution >= 4 is 21.8 Å². The number of amides is 1. The van der Waals surface area contributed by atoms with E-state index in [0.717, 1.165) is 37.6 Å². The van der Waals surface area contributed by atoms with Gasteiger partial charge in [-0.15, -0.1) is 0 Å². The molecular weight excluding hydrogens is 278 g/mol. The van der Waals surface area contributed by atoms with Crippen LogP contribution in [-0.2, 0) is 4.79 Å². The van der Waals surface area contributed by atoms with E-state index in [1.165, 1.54) is 12.8 Å². The number of hydrogen-bond donors (Lipinski definition) is 1. The molecule has 3 heteroatoms. The van der Waals surface area contributed by atoms with E-state index >= 15 is 0 Å². The standard InChI is InChI=1S/C14H26BrNO/c1-4-14(5-2,10-15)11-16-12(17)13(3)8-6-7-9-13/h4-11H2,1-3H3,(H,16,17). The van der Waals surface area contributed by atoms with Gasteiger partial charge < -0.3 is 5.32 Å². The van der Waals surface area contributed by atoms with Gasteiger partial charge >= 0.3 is 0 Å². The first-order valence-electron chi connectivity index (χ1n) is 6.86. The molecular formula is C14H26BrNO. The highest BCUT2D eigenvalue weighted by atomic mass is 79.9. The lowest BCUT2D eigenvalue weighted by atomic mass is 9.83. The lowest BCUT2D eigenvalue weighted by Gasteiger charge is -2.32. The number of alkyl halides is 1. The fourth-order valence-corrected chi connectivity index (χ4v) is 3.59. The summed E-state index contributed by atoms with van der Waals surface area (Å²) in [6.45, 7) is 7.32. The quantitative estimate of drug-likeness (QED) is 0.741. The third-order valence-electron chi connectivity index (χ3n) is 4.66. The van der Waals surface area contributed by atoms with Crippen molar-refractivity contribution in [2.75, 3.05) is 11.9 Å². The highest BCUT2D eigenvalue weighted by Crippen LogP contribution is 2.38. The molecule has 2 nitrogen and oxygen atoms in total. The summed E-state index contributed by atoms with van der Waals surface area (Å²) in [5.74, 6) is 0.266. The molecule has 100 valence electrons. The molecule has 1 saturated carbocycles. The minimum atomic E-state index is -0.0977. The highest BCUT2D eigenvalue weighted by Gasteiger charge is 2.37. The zero-order chi connectivity index (χ0) is 12.9. The molecule has 0 aromatic rings. The van der Waals surface area contributed by atoms with Gasteiger partial charge in [0.1, 0.15) is 0 Å². The van der Waals surface area contributed by atoms with Gasteiger partial charge in [-0.1, -0.05) is 49.5 Å². The molecule has 1 aliphatic rings. The van der Waals surface area contributed by atoms with Crippen LogP contribution in [0.4, 0.5) is 0 Å². The van der Waals surface area contributed by atoms with Crippen LogP contribution in [-0.4, -0.2) is 17.8 Å². The summed E-state index contributed by atoms with van der Waals surface area (Å²) in [4.78, 5) is 12.2. The summed E-state index contributed by atoms with van der Waals surface area (Å²) >= 11 is 3.59. The van der Waals surface area contributed by atoms with Crippen molar-refractivity contribution in [2.24, 2.45) is 10.8 Å². The maximum atomic E-state index is 12.2. The van der Waals surface area contributed by atoms with E-state index in [4.69, 9.17) is 0 Å². The smallest absolute Gasteiger partial charge is 0.225 e. The van der Waals surface area contributed by atoms with Crippen molar-refractivity contribution in [2.45, 2.75) is 59.3 Å². The second kappa shape index (κ2) is 6.21. The van der Waals surface area contributed by atoms with Gasteiger partial charge in [0.05, 0.1) is 0 Å². The minimum Gasteiger partial charge on any atom is -0.355 e. The van der Waals surface area contributed by atoms with Gasteiger partial charge in [0.15, 0.2) is 0 Å². The third kappa shape index (κ3) is 3.46. The normalized spacial score (nSPS) is 19.3. The first-order chi connectivity index (χ1) is 8.02. The second-order valence-corrected chi connectivity index (χ2v) is 6.35. The fourth-order valence-electron chi connectivity index (χ4n) is 2.60. The van der Waals surface area contributed by atoms with E-state index in [2.05, 4.69) is 42.0 Å². The van der Waals surface area contributed by atoms with Crippen molar-refractivity contribution in [1.82, 2.24) is 5.32 Å². The Labute approximate surface area is 114 Å². The molecule has 0 spiro atoms. The van der Waals surface area contributed by atoms with Crippen molar-refractivity contribution in [1.29, 1.82) is 0 Å². The number of nitrogens with one attached hydrogen (secondary N) is 1. The van der Waals surface area contributed by atoms with Crippen LogP contribution in [0.15, 0.2) is 0 Å². The zero-order valence-corrected chi connectivity index (χ0v) is 13.0. The van der Waals surface area contributed by atoms with Gasteiger partial charge in [0.25, 0.3) is 0 Å². The summed E-state index contributed by atoms with van der Waals surface area (Å²) in [6, 6.07) is 0. The van der Waals surface area contributed by atoms with Crippen LogP contribution in [0, 0.1) is 10.8 Å². The van der Waals surface area contributed by atoms with Gasteiger partial charge in [-0.2, -0.15) is 0 Å². The first-order valence-corrected chi connectivity index (χ1v) is 7.98. The Kier molecular flexibility index (Phi) is 5.49. The lowest BCUT2D eigenvalue weighted by Crippen LogP contribution is -2.43. The van der Waals surface area contributed by atoms with E-state index in [9.17, 15) is 4.79 Å². The second-order valence-electron chi connectivity index (χ2n) is 5.79. The van der Waals surface area contributed by atoms with Gasteiger partial charge in [0.2, 0.25) is 5.91 Å². The molecule has 0 heterocycles.